The minimum atomic E-state index is 0.125. The number of benzene rings is 1. The summed E-state index contributed by atoms with van der Waals surface area (Å²) in [4.78, 5) is 0. The maximum Gasteiger partial charge on any atom is 0.134 e. The molecule has 0 saturated heterocycles. The van der Waals surface area contributed by atoms with Crippen LogP contribution in [0, 0.1) is 5.92 Å². The first kappa shape index (κ1) is 12.2. The van der Waals surface area contributed by atoms with Crippen LogP contribution in [0.2, 0.25) is 5.02 Å². The summed E-state index contributed by atoms with van der Waals surface area (Å²) in [6, 6.07) is 5.64. The average molecular weight is 228 g/mol. The number of anilines is 1. The highest BCUT2D eigenvalue weighted by Gasteiger charge is 2.10. The second-order valence-corrected chi connectivity index (χ2v) is 4.48. The lowest BCUT2D eigenvalue weighted by Crippen LogP contribution is -2.24. The number of phenolic OH excluding ortho intramolecular Hbond substituents is 1. The third kappa shape index (κ3) is 3.31. The molecule has 2 N–H and O–H groups in total. The Labute approximate surface area is 96.3 Å². The predicted molar refractivity (Wildman–Crippen MR) is 65.7 cm³/mol. The molecule has 0 saturated carbocycles. The number of halogens is 1. The van der Waals surface area contributed by atoms with Gasteiger partial charge in [-0.15, -0.1) is 0 Å². The predicted octanol–water partition coefficient (Wildman–Crippen LogP) is 3.89. The van der Waals surface area contributed by atoms with Crippen LogP contribution in [0.15, 0.2) is 18.2 Å². The van der Waals surface area contributed by atoms with Crippen LogP contribution in [-0.2, 0) is 0 Å². The Kier molecular flexibility index (Phi) is 4.28. The smallest absolute Gasteiger partial charge is 0.134 e. The maximum absolute atomic E-state index is 9.28. The van der Waals surface area contributed by atoms with Crippen LogP contribution in [-0.4, -0.2) is 11.1 Å². The van der Waals surface area contributed by atoms with Crippen molar-refractivity contribution in [2.45, 2.75) is 33.2 Å². The fourth-order valence-corrected chi connectivity index (χ4v) is 1.73. The van der Waals surface area contributed by atoms with Crippen molar-refractivity contribution in [3.8, 4) is 5.75 Å². The SMILES string of the molecule is CCC(Nc1ccc(O)c(Cl)c1)C(C)C. The standard InChI is InChI=1S/C12H18ClNO/c1-4-11(8(2)3)14-9-5-6-12(15)10(13)7-9/h5-8,11,14-15H,4H2,1-3H3. The highest BCUT2D eigenvalue weighted by atomic mass is 35.5. The van der Waals surface area contributed by atoms with Gasteiger partial charge in [0.15, 0.2) is 0 Å². The quantitative estimate of drug-likeness (QED) is 0.765. The molecule has 2 nitrogen and oxygen atoms in total. The lowest BCUT2D eigenvalue weighted by atomic mass is 10.0. The first-order chi connectivity index (χ1) is 7.04. The Balaban J connectivity index is 2.75. The summed E-state index contributed by atoms with van der Waals surface area (Å²) >= 11 is 5.83. The van der Waals surface area contributed by atoms with E-state index in [1.165, 1.54) is 0 Å². The molecule has 0 bridgehead atoms. The van der Waals surface area contributed by atoms with Gasteiger partial charge in [-0.1, -0.05) is 32.4 Å². The van der Waals surface area contributed by atoms with Crippen LogP contribution >= 0.6 is 11.6 Å². The van der Waals surface area contributed by atoms with Crippen LogP contribution in [0.3, 0.4) is 0 Å². The summed E-state index contributed by atoms with van der Waals surface area (Å²) in [7, 11) is 0. The summed E-state index contributed by atoms with van der Waals surface area (Å²) in [6.07, 6.45) is 1.07. The van der Waals surface area contributed by atoms with Gasteiger partial charge in [0.2, 0.25) is 0 Å². The zero-order chi connectivity index (χ0) is 11.4. The molecule has 15 heavy (non-hydrogen) atoms. The number of nitrogens with one attached hydrogen (secondary N) is 1. The van der Waals surface area contributed by atoms with E-state index in [4.69, 9.17) is 11.6 Å². The fraction of sp³-hybridized carbons (Fsp3) is 0.500. The third-order valence-electron chi connectivity index (χ3n) is 2.54. The molecule has 0 aliphatic carbocycles. The summed E-state index contributed by atoms with van der Waals surface area (Å²) in [5.41, 5.74) is 0.957. The molecule has 1 aromatic rings. The Morgan fingerprint density at radius 1 is 1.40 bits per heavy atom. The van der Waals surface area contributed by atoms with E-state index in [1.807, 2.05) is 6.07 Å². The van der Waals surface area contributed by atoms with Crippen molar-refractivity contribution in [2.24, 2.45) is 5.92 Å². The summed E-state index contributed by atoms with van der Waals surface area (Å²) in [5, 5.41) is 13.1. The van der Waals surface area contributed by atoms with Crippen molar-refractivity contribution in [1.29, 1.82) is 0 Å². The van der Waals surface area contributed by atoms with E-state index in [0.29, 0.717) is 17.0 Å². The van der Waals surface area contributed by atoms with Gasteiger partial charge in [0.25, 0.3) is 0 Å². The van der Waals surface area contributed by atoms with Gasteiger partial charge in [0, 0.05) is 11.7 Å². The fourth-order valence-electron chi connectivity index (χ4n) is 1.55. The molecule has 1 aromatic carbocycles. The lowest BCUT2D eigenvalue weighted by Gasteiger charge is -2.22. The zero-order valence-electron chi connectivity index (χ0n) is 9.42. The Bertz CT molecular complexity index is 325. The van der Waals surface area contributed by atoms with Crippen LogP contribution in [0.4, 0.5) is 5.69 Å². The molecule has 0 aromatic heterocycles. The van der Waals surface area contributed by atoms with E-state index in [2.05, 4.69) is 26.1 Å². The average Bonchev–Trinajstić information content (AvgIpc) is 2.19. The van der Waals surface area contributed by atoms with Gasteiger partial charge in [0.05, 0.1) is 5.02 Å². The molecule has 0 spiro atoms. The number of phenols is 1. The van der Waals surface area contributed by atoms with Gasteiger partial charge in [-0.3, -0.25) is 0 Å². The van der Waals surface area contributed by atoms with E-state index in [-0.39, 0.29) is 5.75 Å². The van der Waals surface area contributed by atoms with Gasteiger partial charge >= 0.3 is 0 Å². The molecule has 1 atom stereocenters. The molecule has 0 heterocycles. The molecule has 0 radical (unpaired) electrons. The molecule has 0 amide bonds. The summed E-state index contributed by atoms with van der Waals surface area (Å²) in [5.74, 6) is 0.697. The molecule has 3 heteroatoms. The molecule has 1 unspecified atom stereocenters. The van der Waals surface area contributed by atoms with Crippen molar-refractivity contribution >= 4 is 17.3 Å². The van der Waals surface area contributed by atoms with E-state index >= 15 is 0 Å². The Hall–Kier alpha value is -0.890. The number of hydrogen-bond donors (Lipinski definition) is 2. The van der Waals surface area contributed by atoms with Crippen molar-refractivity contribution in [3.63, 3.8) is 0 Å². The van der Waals surface area contributed by atoms with Crippen LogP contribution in [0.1, 0.15) is 27.2 Å². The van der Waals surface area contributed by atoms with Gasteiger partial charge < -0.3 is 10.4 Å². The minimum Gasteiger partial charge on any atom is -0.506 e. The van der Waals surface area contributed by atoms with Crippen molar-refractivity contribution in [2.75, 3.05) is 5.32 Å². The zero-order valence-corrected chi connectivity index (χ0v) is 10.2. The van der Waals surface area contributed by atoms with E-state index < -0.39 is 0 Å². The van der Waals surface area contributed by atoms with Crippen molar-refractivity contribution in [3.05, 3.63) is 23.2 Å². The monoisotopic (exact) mass is 227 g/mol. The number of aromatic hydroxyl groups is 1. The van der Waals surface area contributed by atoms with E-state index in [9.17, 15) is 5.11 Å². The molecule has 1 rings (SSSR count). The third-order valence-corrected chi connectivity index (χ3v) is 2.85. The van der Waals surface area contributed by atoms with E-state index in [0.717, 1.165) is 12.1 Å². The molecule has 0 aliphatic heterocycles. The molecular weight excluding hydrogens is 210 g/mol. The Morgan fingerprint density at radius 2 is 2.07 bits per heavy atom. The lowest BCUT2D eigenvalue weighted by molar-refractivity contribution is 0.475. The maximum atomic E-state index is 9.28. The highest BCUT2D eigenvalue weighted by molar-refractivity contribution is 6.32. The molecule has 84 valence electrons. The van der Waals surface area contributed by atoms with Gasteiger partial charge in [-0.2, -0.15) is 0 Å². The van der Waals surface area contributed by atoms with Crippen LogP contribution in [0.5, 0.6) is 5.75 Å². The second kappa shape index (κ2) is 5.26. The number of rotatable bonds is 4. The number of hydrogen-bond acceptors (Lipinski definition) is 2. The van der Waals surface area contributed by atoms with E-state index in [1.54, 1.807) is 12.1 Å². The molecule has 0 fully saturated rings. The largest absolute Gasteiger partial charge is 0.506 e. The van der Waals surface area contributed by atoms with Crippen molar-refractivity contribution in [1.82, 2.24) is 0 Å². The van der Waals surface area contributed by atoms with Crippen LogP contribution in [0.25, 0.3) is 0 Å². The molecule has 0 aliphatic rings. The van der Waals surface area contributed by atoms with Crippen molar-refractivity contribution < 1.29 is 5.11 Å². The van der Waals surface area contributed by atoms with Gasteiger partial charge in [-0.25, -0.2) is 0 Å². The second-order valence-electron chi connectivity index (χ2n) is 4.07. The van der Waals surface area contributed by atoms with Gasteiger partial charge in [-0.05, 0) is 30.5 Å². The highest BCUT2D eigenvalue weighted by Crippen LogP contribution is 2.27. The first-order valence-electron chi connectivity index (χ1n) is 5.29. The van der Waals surface area contributed by atoms with Gasteiger partial charge in [0.1, 0.15) is 5.75 Å². The minimum absolute atomic E-state index is 0.125. The summed E-state index contributed by atoms with van der Waals surface area (Å²) in [6.45, 7) is 6.52. The first-order valence-corrected chi connectivity index (χ1v) is 5.67. The normalized spacial score (nSPS) is 12.9. The summed E-state index contributed by atoms with van der Waals surface area (Å²) < 4.78 is 0. The molecular formula is C12H18ClNO. The topological polar surface area (TPSA) is 32.3 Å². The van der Waals surface area contributed by atoms with Crippen LogP contribution < -0.4 is 5.32 Å². The Morgan fingerprint density at radius 3 is 2.53 bits per heavy atom.